The maximum Gasteiger partial charge on any atom is 0.312 e. The molecule has 0 heterocycles. The van der Waals surface area contributed by atoms with Gasteiger partial charge in [0.25, 0.3) is 0 Å². The lowest BCUT2D eigenvalue weighted by atomic mass is 9.33. The van der Waals surface area contributed by atoms with Gasteiger partial charge in [0, 0.05) is 5.54 Å². The Morgan fingerprint density at radius 3 is 2.27 bits per heavy atom. The Hall–Kier alpha value is -1.39. The summed E-state index contributed by atoms with van der Waals surface area (Å²) < 4.78 is 0. The fraction of sp³-hybridized carbons (Fsp3) is 0.811. The zero-order valence-corrected chi connectivity index (χ0v) is 26.8. The summed E-state index contributed by atoms with van der Waals surface area (Å²) in [6, 6.07) is 0. The van der Waals surface area contributed by atoms with Gasteiger partial charge in [-0.3, -0.25) is 4.79 Å². The van der Waals surface area contributed by atoms with E-state index >= 15 is 0 Å². The predicted octanol–water partition coefficient (Wildman–Crippen LogP) is 8.07. The molecule has 4 fully saturated rings. The SMILES string of the molecule is C=C(C)[C@@H]1CC[C@]2(N)CC[C@]3(C)[C@H](CCC4[C@@]5(C)CC=C(C6=CC[C@@](CO)(C(=O)O)CC6)C(C)(C)C5CC[C@]43C)C12. The van der Waals surface area contributed by atoms with Crippen LogP contribution < -0.4 is 5.73 Å². The quantitative estimate of drug-likeness (QED) is 0.302. The molecule has 6 aliphatic carbocycles. The van der Waals surface area contributed by atoms with Gasteiger partial charge in [-0.25, -0.2) is 0 Å². The fourth-order valence-corrected chi connectivity index (χ4v) is 12.9. The van der Waals surface area contributed by atoms with Crippen LogP contribution in [0, 0.1) is 56.7 Å². The smallest absolute Gasteiger partial charge is 0.312 e. The van der Waals surface area contributed by atoms with Crippen molar-refractivity contribution in [1.29, 1.82) is 0 Å². The molecule has 0 amide bonds. The van der Waals surface area contributed by atoms with Crippen LogP contribution in [0.15, 0.2) is 35.5 Å². The Labute approximate surface area is 249 Å². The van der Waals surface area contributed by atoms with Gasteiger partial charge in [-0.05, 0) is 146 Å². The molecule has 0 aromatic heterocycles. The van der Waals surface area contributed by atoms with Gasteiger partial charge in [0.1, 0.15) is 0 Å². The topological polar surface area (TPSA) is 83.5 Å². The number of carboxylic acids is 1. The lowest BCUT2D eigenvalue weighted by Gasteiger charge is -2.72. The molecule has 0 aromatic rings. The maximum atomic E-state index is 12.0. The van der Waals surface area contributed by atoms with Crippen molar-refractivity contribution in [2.75, 3.05) is 6.61 Å². The third kappa shape index (κ3) is 3.81. The van der Waals surface area contributed by atoms with Gasteiger partial charge in [-0.15, -0.1) is 0 Å². The third-order valence-corrected chi connectivity index (χ3v) is 15.4. The van der Waals surface area contributed by atoms with E-state index < -0.39 is 11.4 Å². The van der Waals surface area contributed by atoms with Crippen LogP contribution in [0.1, 0.15) is 119 Å². The van der Waals surface area contributed by atoms with Crippen LogP contribution in [0.5, 0.6) is 0 Å². The summed E-state index contributed by atoms with van der Waals surface area (Å²) in [6.07, 6.45) is 17.6. The summed E-state index contributed by atoms with van der Waals surface area (Å²) in [5.74, 6) is 2.33. The van der Waals surface area contributed by atoms with Crippen molar-refractivity contribution < 1.29 is 15.0 Å². The summed E-state index contributed by atoms with van der Waals surface area (Å²) in [6.45, 7) is 19.4. The van der Waals surface area contributed by atoms with Crippen molar-refractivity contribution in [2.24, 2.45) is 62.4 Å². The summed E-state index contributed by atoms with van der Waals surface area (Å²) in [5, 5.41) is 19.7. The zero-order chi connectivity index (χ0) is 29.8. The highest BCUT2D eigenvalue weighted by Crippen LogP contribution is 2.76. The van der Waals surface area contributed by atoms with Crippen LogP contribution in [-0.4, -0.2) is 28.3 Å². The lowest BCUT2D eigenvalue weighted by Crippen LogP contribution is -2.67. The number of hydrogen-bond donors (Lipinski definition) is 3. The number of aliphatic hydroxyl groups excluding tert-OH is 1. The number of hydrogen-bond acceptors (Lipinski definition) is 3. The summed E-state index contributed by atoms with van der Waals surface area (Å²) in [4.78, 5) is 12.0. The normalized spacial score (nSPS) is 50.4. The second-order valence-electron chi connectivity index (χ2n) is 17.1. The van der Waals surface area contributed by atoms with E-state index in [0.29, 0.717) is 53.3 Å². The van der Waals surface area contributed by atoms with E-state index in [1.54, 1.807) is 0 Å². The molecule has 4 heteroatoms. The molecule has 0 radical (unpaired) electrons. The summed E-state index contributed by atoms with van der Waals surface area (Å²) in [7, 11) is 0. The Balaban J connectivity index is 1.32. The number of rotatable bonds is 4. The first-order valence-corrected chi connectivity index (χ1v) is 16.8. The van der Waals surface area contributed by atoms with Gasteiger partial charge in [0.15, 0.2) is 0 Å². The van der Waals surface area contributed by atoms with Gasteiger partial charge in [0.2, 0.25) is 0 Å². The minimum absolute atomic E-state index is 0.00450. The average Bonchev–Trinajstić information content (AvgIpc) is 3.27. The molecule has 6 rings (SSSR count). The Morgan fingerprint density at radius 1 is 0.927 bits per heavy atom. The fourth-order valence-electron chi connectivity index (χ4n) is 12.9. The number of aliphatic carboxylic acids is 1. The maximum absolute atomic E-state index is 12.0. The molecule has 4 saturated carbocycles. The number of carboxylic acid groups (broad SMARTS) is 1. The van der Waals surface area contributed by atoms with E-state index in [-0.39, 0.29) is 23.0 Å². The van der Waals surface area contributed by atoms with E-state index in [9.17, 15) is 15.0 Å². The molecule has 41 heavy (non-hydrogen) atoms. The van der Waals surface area contributed by atoms with Crippen molar-refractivity contribution >= 4 is 5.97 Å². The van der Waals surface area contributed by atoms with Gasteiger partial charge >= 0.3 is 5.97 Å². The lowest BCUT2D eigenvalue weighted by molar-refractivity contribution is -0.219. The monoisotopic (exact) mass is 563 g/mol. The molecule has 4 nitrogen and oxygen atoms in total. The van der Waals surface area contributed by atoms with E-state index in [1.165, 1.54) is 68.1 Å². The van der Waals surface area contributed by atoms with E-state index in [0.717, 1.165) is 12.8 Å². The highest BCUT2D eigenvalue weighted by atomic mass is 16.4. The minimum Gasteiger partial charge on any atom is -0.481 e. The van der Waals surface area contributed by atoms with Crippen molar-refractivity contribution in [1.82, 2.24) is 0 Å². The van der Waals surface area contributed by atoms with Crippen LogP contribution in [0.3, 0.4) is 0 Å². The zero-order valence-electron chi connectivity index (χ0n) is 26.8. The number of fused-ring (bicyclic) bond motifs is 7. The van der Waals surface area contributed by atoms with Crippen molar-refractivity contribution in [3.8, 4) is 0 Å². The van der Waals surface area contributed by atoms with Gasteiger partial charge in [-0.2, -0.15) is 0 Å². The molecule has 0 bridgehead atoms. The van der Waals surface area contributed by atoms with Crippen LogP contribution in [0.25, 0.3) is 0 Å². The van der Waals surface area contributed by atoms with E-state index in [1.807, 2.05) is 0 Å². The summed E-state index contributed by atoms with van der Waals surface area (Å²) >= 11 is 0. The number of allylic oxidation sites excluding steroid dienone is 5. The Morgan fingerprint density at radius 2 is 1.66 bits per heavy atom. The molecular formula is C37H57NO3. The molecule has 0 saturated heterocycles. The molecular weight excluding hydrogens is 506 g/mol. The predicted molar refractivity (Wildman–Crippen MR) is 166 cm³/mol. The third-order valence-electron chi connectivity index (χ3n) is 15.4. The standard InChI is InChI=1S/C37H57NO3/c1-23(2)25-12-19-37(38)21-20-34(6)27(30(25)37)8-9-29-33(5)15-13-26(32(3,4)28(33)14-16-35(29,34)7)24-10-17-36(22-39,18-11-24)31(40)41/h10,13,25,27-30,39H,1,8-9,11-12,14-22,38H2,2-7H3,(H,40,41)/t25-,27+,28?,29?,30?,33-,34+,35+,36+,37-/m0/s1. The largest absolute Gasteiger partial charge is 0.481 e. The highest BCUT2D eigenvalue weighted by Gasteiger charge is 2.70. The number of nitrogens with two attached hydrogens (primary N) is 1. The van der Waals surface area contributed by atoms with Gasteiger partial charge < -0.3 is 15.9 Å². The number of carbonyl (C=O) groups is 1. The van der Waals surface area contributed by atoms with E-state index in [4.69, 9.17) is 5.73 Å². The van der Waals surface area contributed by atoms with Crippen LogP contribution in [0.2, 0.25) is 0 Å². The van der Waals surface area contributed by atoms with Crippen LogP contribution in [0.4, 0.5) is 0 Å². The first kappa shape index (κ1) is 29.7. The molecule has 228 valence electrons. The van der Waals surface area contributed by atoms with Crippen LogP contribution in [-0.2, 0) is 4.79 Å². The van der Waals surface area contributed by atoms with Crippen molar-refractivity contribution in [2.45, 2.75) is 124 Å². The van der Waals surface area contributed by atoms with Crippen molar-refractivity contribution in [3.05, 3.63) is 35.5 Å². The molecule has 4 N–H and O–H groups in total. The summed E-state index contributed by atoms with van der Waals surface area (Å²) in [5.41, 5.74) is 11.4. The van der Waals surface area contributed by atoms with Crippen LogP contribution >= 0.6 is 0 Å². The second kappa shape index (κ2) is 9.31. The molecule has 10 atom stereocenters. The van der Waals surface area contributed by atoms with E-state index in [2.05, 4.69) is 60.3 Å². The molecule has 6 aliphatic rings. The Kier molecular flexibility index (Phi) is 6.73. The minimum atomic E-state index is -1.01. The average molecular weight is 564 g/mol. The Bertz CT molecular complexity index is 1200. The molecule has 0 aliphatic heterocycles. The molecule has 3 unspecified atom stereocenters. The first-order valence-electron chi connectivity index (χ1n) is 16.8. The van der Waals surface area contributed by atoms with Gasteiger partial charge in [0.05, 0.1) is 12.0 Å². The number of aliphatic hydroxyl groups is 1. The molecule has 0 spiro atoms. The van der Waals surface area contributed by atoms with Gasteiger partial charge in [-0.1, -0.05) is 58.9 Å². The van der Waals surface area contributed by atoms with Crippen molar-refractivity contribution in [3.63, 3.8) is 0 Å². The molecule has 0 aromatic carbocycles. The highest BCUT2D eigenvalue weighted by molar-refractivity contribution is 5.75. The first-order chi connectivity index (χ1) is 19.1. The second-order valence-corrected chi connectivity index (χ2v) is 17.1.